The zero-order chi connectivity index (χ0) is 30.8. The van der Waals surface area contributed by atoms with E-state index < -0.39 is 5.60 Å². The molecule has 3 aromatic rings. The molecule has 3 aliphatic rings. The Morgan fingerprint density at radius 3 is 2.61 bits per heavy atom. The first-order valence-corrected chi connectivity index (χ1v) is 15.7. The van der Waals surface area contributed by atoms with Crippen LogP contribution in [0.15, 0.2) is 42.5 Å². The van der Waals surface area contributed by atoms with Crippen molar-refractivity contribution in [2.24, 2.45) is 5.92 Å². The number of ether oxygens (including phenoxy) is 2. The Bertz CT molecular complexity index is 1540. The molecule has 0 aliphatic carbocycles. The first-order chi connectivity index (χ1) is 21.2. The maximum Gasteiger partial charge on any atom is 0.410 e. The third-order valence-corrected chi connectivity index (χ3v) is 8.80. The number of nitrogens with zero attached hydrogens (tertiary/aromatic N) is 7. The standard InChI is InChI=1S/C34H43N7O3/c1-34(2,3)44-33(42)41-19-18-40(21-26(41)12-15-35)31-28-14-17-39(30-11-7-9-25-8-5-6-10-27(25)30)22-29(28)36-32(37-31)43-23-24-13-16-38(4)20-24/h5-11,24,26H,12-14,16-23H2,1-4H3/t24-,26?/m1/s1. The predicted octanol–water partition coefficient (Wildman–Crippen LogP) is 4.86. The quantitative estimate of drug-likeness (QED) is 0.395. The molecule has 4 heterocycles. The summed E-state index contributed by atoms with van der Waals surface area (Å²) < 4.78 is 12.0. The minimum absolute atomic E-state index is 0.219. The maximum absolute atomic E-state index is 13.0. The molecule has 3 aliphatic heterocycles. The number of benzene rings is 2. The van der Waals surface area contributed by atoms with Gasteiger partial charge in [0.1, 0.15) is 11.4 Å². The summed E-state index contributed by atoms with van der Waals surface area (Å²) in [6.07, 6.45) is 1.73. The van der Waals surface area contributed by atoms with Gasteiger partial charge in [-0.2, -0.15) is 15.2 Å². The number of amides is 1. The topological polar surface area (TPSA) is 98.1 Å². The summed E-state index contributed by atoms with van der Waals surface area (Å²) in [6, 6.07) is 17.3. The van der Waals surface area contributed by atoms with Crippen molar-refractivity contribution in [1.82, 2.24) is 19.8 Å². The lowest BCUT2D eigenvalue weighted by molar-refractivity contribution is 0.0144. The molecule has 0 N–H and O–H groups in total. The van der Waals surface area contributed by atoms with Crippen LogP contribution in [0.25, 0.3) is 10.8 Å². The number of piperazine rings is 1. The van der Waals surface area contributed by atoms with Crippen LogP contribution in [0.1, 0.15) is 44.9 Å². The van der Waals surface area contributed by atoms with Gasteiger partial charge in [0, 0.05) is 55.3 Å². The van der Waals surface area contributed by atoms with Gasteiger partial charge in [0.15, 0.2) is 0 Å². The molecule has 0 radical (unpaired) electrons. The number of rotatable bonds is 6. The van der Waals surface area contributed by atoms with Gasteiger partial charge in [-0.05, 0) is 58.7 Å². The number of likely N-dealkylation sites (tertiary alicyclic amines) is 1. The molecule has 1 amide bonds. The van der Waals surface area contributed by atoms with Crippen LogP contribution in [-0.4, -0.2) is 90.4 Å². The van der Waals surface area contributed by atoms with E-state index in [1.165, 1.54) is 16.5 Å². The number of fused-ring (bicyclic) bond motifs is 2. The van der Waals surface area contributed by atoms with Gasteiger partial charge in [-0.25, -0.2) is 4.79 Å². The molecule has 10 nitrogen and oxygen atoms in total. The monoisotopic (exact) mass is 597 g/mol. The highest BCUT2D eigenvalue weighted by molar-refractivity contribution is 5.94. The van der Waals surface area contributed by atoms with Crippen LogP contribution < -0.4 is 14.5 Å². The van der Waals surface area contributed by atoms with Crippen LogP contribution in [-0.2, 0) is 17.7 Å². The summed E-state index contributed by atoms with van der Waals surface area (Å²) in [4.78, 5) is 31.7. The second-order valence-electron chi connectivity index (χ2n) is 13.3. The molecular weight excluding hydrogens is 554 g/mol. The molecule has 0 spiro atoms. The summed E-state index contributed by atoms with van der Waals surface area (Å²) in [5.41, 5.74) is 2.69. The van der Waals surface area contributed by atoms with Crippen molar-refractivity contribution in [2.75, 3.05) is 62.7 Å². The fourth-order valence-electron chi connectivity index (χ4n) is 6.65. The maximum atomic E-state index is 13.0. The highest BCUT2D eigenvalue weighted by Gasteiger charge is 2.36. The molecular formula is C34H43N7O3. The Kier molecular flexibility index (Phi) is 8.50. The molecule has 0 bridgehead atoms. The van der Waals surface area contributed by atoms with Crippen molar-refractivity contribution in [3.63, 3.8) is 0 Å². The molecule has 0 saturated carbocycles. The van der Waals surface area contributed by atoms with Crippen molar-refractivity contribution in [3.8, 4) is 12.1 Å². The van der Waals surface area contributed by atoms with E-state index in [1.807, 2.05) is 20.8 Å². The molecule has 232 valence electrons. The van der Waals surface area contributed by atoms with Crippen molar-refractivity contribution < 1.29 is 14.3 Å². The van der Waals surface area contributed by atoms with Crippen molar-refractivity contribution in [2.45, 2.75) is 58.2 Å². The summed E-state index contributed by atoms with van der Waals surface area (Å²) in [7, 11) is 2.14. The summed E-state index contributed by atoms with van der Waals surface area (Å²) in [6.45, 7) is 11.3. The van der Waals surface area contributed by atoms with E-state index in [2.05, 4.69) is 70.3 Å². The minimum atomic E-state index is -0.604. The molecule has 6 rings (SSSR count). The summed E-state index contributed by atoms with van der Waals surface area (Å²) in [5, 5.41) is 12.1. The van der Waals surface area contributed by atoms with E-state index in [-0.39, 0.29) is 18.6 Å². The Hall–Kier alpha value is -4.10. The predicted molar refractivity (Wildman–Crippen MR) is 171 cm³/mol. The van der Waals surface area contributed by atoms with Crippen molar-refractivity contribution >= 4 is 28.4 Å². The fourth-order valence-corrected chi connectivity index (χ4v) is 6.65. The molecule has 2 aromatic carbocycles. The van der Waals surface area contributed by atoms with Crippen LogP contribution in [0, 0.1) is 17.2 Å². The minimum Gasteiger partial charge on any atom is -0.463 e. The van der Waals surface area contributed by atoms with Crippen LogP contribution in [0.3, 0.4) is 0 Å². The van der Waals surface area contributed by atoms with Gasteiger partial charge in [0.25, 0.3) is 0 Å². The molecule has 1 unspecified atom stereocenters. The van der Waals surface area contributed by atoms with Gasteiger partial charge < -0.3 is 29.1 Å². The fraction of sp³-hybridized carbons (Fsp3) is 0.529. The van der Waals surface area contributed by atoms with Crippen molar-refractivity contribution in [3.05, 3.63) is 53.7 Å². The summed E-state index contributed by atoms with van der Waals surface area (Å²) >= 11 is 0. The molecule has 1 aromatic heterocycles. The number of anilines is 2. The Balaban J connectivity index is 1.30. The first-order valence-electron chi connectivity index (χ1n) is 15.7. The molecule has 10 heteroatoms. The van der Waals surface area contributed by atoms with Gasteiger partial charge in [0.05, 0.1) is 37.4 Å². The molecule has 2 atom stereocenters. The average Bonchev–Trinajstić information content (AvgIpc) is 3.43. The number of nitriles is 1. The van der Waals surface area contributed by atoms with Gasteiger partial charge >= 0.3 is 12.1 Å². The number of hydrogen-bond acceptors (Lipinski definition) is 9. The van der Waals surface area contributed by atoms with E-state index in [4.69, 9.17) is 19.4 Å². The van der Waals surface area contributed by atoms with E-state index in [1.54, 1.807) is 4.90 Å². The Morgan fingerprint density at radius 1 is 1.02 bits per heavy atom. The molecule has 2 saturated heterocycles. The SMILES string of the molecule is CN1CC[C@@H](COc2nc3c(c(N4CCN(C(=O)OC(C)(C)C)C(CC#N)C4)n2)CCN(c2cccc4ccccc24)C3)C1. The third kappa shape index (κ3) is 6.53. The number of carbonyl (C=O) groups excluding carboxylic acids is 1. The number of aromatic nitrogens is 2. The van der Waals surface area contributed by atoms with Crippen LogP contribution in [0.4, 0.5) is 16.3 Å². The van der Waals surface area contributed by atoms with Crippen molar-refractivity contribution in [1.29, 1.82) is 5.26 Å². The second kappa shape index (κ2) is 12.5. The average molecular weight is 598 g/mol. The second-order valence-corrected chi connectivity index (χ2v) is 13.3. The van der Waals surface area contributed by atoms with Gasteiger partial charge in [-0.1, -0.05) is 36.4 Å². The Labute approximate surface area is 260 Å². The van der Waals surface area contributed by atoms with Gasteiger partial charge in [-0.3, -0.25) is 0 Å². The van der Waals surface area contributed by atoms with E-state index in [0.717, 1.165) is 49.6 Å². The smallest absolute Gasteiger partial charge is 0.410 e. The first kappa shape index (κ1) is 29.9. The highest BCUT2D eigenvalue weighted by Crippen LogP contribution is 2.35. The lowest BCUT2D eigenvalue weighted by atomic mass is 10.0. The molecule has 44 heavy (non-hydrogen) atoms. The Morgan fingerprint density at radius 2 is 1.84 bits per heavy atom. The number of hydrogen-bond donors (Lipinski definition) is 0. The van der Waals surface area contributed by atoms with E-state index in [9.17, 15) is 10.1 Å². The number of carbonyl (C=O) groups is 1. The van der Waals surface area contributed by atoms with Gasteiger partial charge in [-0.15, -0.1) is 0 Å². The lowest BCUT2D eigenvalue weighted by Gasteiger charge is -2.42. The third-order valence-electron chi connectivity index (χ3n) is 8.80. The van der Waals surface area contributed by atoms with Gasteiger partial charge in [0.2, 0.25) is 0 Å². The largest absolute Gasteiger partial charge is 0.463 e. The van der Waals surface area contributed by atoms with Crippen LogP contribution in [0.2, 0.25) is 0 Å². The highest BCUT2D eigenvalue weighted by atomic mass is 16.6. The zero-order valence-corrected chi connectivity index (χ0v) is 26.3. The zero-order valence-electron chi connectivity index (χ0n) is 26.3. The van der Waals surface area contributed by atoms with Crippen LogP contribution >= 0.6 is 0 Å². The van der Waals surface area contributed by atoms with E-state index in [0.29, 0.717) is 44.7 Å². The lowest BCUT2D eigenvalue weighted by Crippen LogP contribution is -2.56. The van der Waals surface area contributed by atoms with E-state index >= 15 is 0 Å². The normalized spacial score (nSPS) is 20.8. The molecule has 2 fully saturated rings. The van der Waals surface area contributed by atoms with Crippen LogP contribution in [0.5, 0.6) is 6.01 Å². The summed E-state index contributed by atoms with van der Waals surface area (Å²) in [5.74, 6) is 1.31.